The van der Waals surface area contributed by atoms with Gasteiger partial charge < -0.3 is 9.80 Å². The number of likely N-dealkylation sites (N-methyl/N-ethyl adjacent to an activating group) is 1. The average molecular weight is 291 g/mol. The van der Waals surface area contributed by atoms with E-state index in [2.05, 4.69) is 15.3 Å². The number of aromatic nitrogens is 2. The summed E-state index contributed by atoms with van der Waals surface area (Å²) in [5.41, 5.74) is 0. The van der Waals surface area contributed by atoms with Crippen LogP contribution < -0.4 is 5.32 Å². The van der Waals surface area contributed by atoms with Gasteiger partial charge in [-0.05, 0) is 38.8 Å². The predicted molar refractivity (Wildman–Crippen MR) is 82.2 cm³/mol. The molecule has 6 nitrogen and oxygen atoms in total. The molecule has 2 amide bonds. The highest BCUT2D eigenvalue weighted by molar-refractivity contribution is 5.88. The van der Waals surface area contributed by atoms with Crippen LogP contribution in [0.3, 0.4) is 0 Å². The van der Waals surface area contributed by atoms with Gasteiger partial charge in [-0.2, -0.15) is 5.10 Å². The largest absolute Gasteiger partial charge is 0.324 e. The van der Waals surface area contributed by atoms with Gasteiger partial charge in [0.1, 0.15) is 0 Å². The van der Waals surface area contributed by atoms with Gasteiger partial charge in [0.15, 0.2) is 5.82 Å². The number of carbonyl (C=O) groups excluding carboxylic acids is 1. The quantitative estimate of drug-likeness (QED) is 0.919. The van der Waals surface area contributed by atoms with Crippen molar-refractivity contribution in [1.82, 2.24) is 19.6 Å². The Balaban J connectivity index is 1.51. The molecule has 6 heteroatoms. The second kappa shape index (κ2) is 6.05. The summed E-state index contributed by atoms with van der Waals surface area (Å²) in [6.07, 6.45) is 5.82. The van der Waals surface area contributed by atoms with Crippen LogP contribution in [0.4, 0.5) is 10.6 Å². The summed E-state index contributed by atoms with van der Waals surface area (Å²) in [7, 11) is 4.08. The second-order valence-electron chi connectivity index (χ2n) is 6.55. The summed E-state index contributed by atoms with van der Waals surface area (Å²) in [6.45, 7) is 3.59. The van der Waals surface area contributed by atoms with Gasteiger partial charge in [-0.15, -0.1) is 0 Å². The predicted octanol–water partition coefficient (Wildman–Crippen LogP) is 1.71. The molecule has 1 aliphatic carbocycles. The lowest BCUT2D eigenvalue weighted by atomic mass is 10.0. The number of rotatable bonds is 4. The molecule has 0 bridgehead atoms. The van der Waals surface area contributed by atoms with Crippen LogP contribution in [-0.4, -0.2) is 59.3 Å². The van der Waals surface area contributed by atoms with Gasteiger partial charge in [0, 0.05) is 31.9 Å². The van der Waals surface area contributed by atoms with E-state index >= 15 is 0 Å². The Morgan fingerprint density at radius 1 is 1.38 bits per heavy atom. The first-order chi connectivity index (χ1) is 10.1. The topological polar surface area (TPSA) is 53.4 Å². The van der Waals surface area contributed by atoms with Crippen molar-refractivity contribution in [2.45, 2.75) is 25.8 Å². The van der Waals surface area contributed by atoms with Crippen molar-refractivity contribution >= 4 is 11.8 Å². The minimum atomic E-state index is 0.00209. The molecule has 2 aliphatic rings. The van der Waals surface area contributed by atoms with Crippen LogP contribution in [-0.2, 0) is 6.54 Å². The number of fused-ring (bicyclic) bond motifs is 1. The summed E-state index contributed by atoms with van der Waals surface area (Å²) in [4.78, 5) is 16.3. The SMILES string of the molecule is CN(C)CCn1ccc(NC(=O)N2C[C@H]3CCC[C@H]3C2)n1. The molecule has 1 saturated heterocycles. The molecule has 0 radical (unpaired) electrons. The first-order valence-electron chi connectivity index (χ1n) is 7.86. The summed E-state index contributed by atoms with van der Waals surface area (Å²) in [5, 5.41) is 7.32. The van der Waals surface area contributed by atoms with Crippen molar-refractivity contribution < 1.29 is 4.79 Å². The van der Waals surface area contributed by atoms with Crippen molar-refractivity contribution in [3.63, 3.8) is 0 Å². The lowest BCUT2D eigenvalue weighted by Gasteiger charge is -2.17. The Bertz CT molecular complexity index is 486. The van der Waals surface area contributed by atoms with E-state index in [9.17, 15) is 4.79 Å². The van der Waals surface area contributed by atoms with Crippen LogP contribution in [0.25, 0.3) is 0 Å². The Kier molecular flexibility index (Phi) is 4.14. The first kappa shape index (κ1) is 14.4. The van der Waals surface area contributed by atoms with E-state index in [1.54, 1.807) is 0 Å². The number of hydrogen-bond donors (Lipinski definition) is 1. The van der Waals surface area contributed by atoms with E-state index in [1.807, 2.05) is 35.9 Å². The Hall–Kier alpha value is -1.56. The standard InChI is InChI=1S/C15H25N5O/c1-18(2)8-9-20-7-6-14(17-20)16-15(21)19-10-12-4-3-5-13(12)11-19/h6-7,12-13H,3-5,8-11H2,1-2H3,(H,16,17,21)/t12-,13+. The van der Waals surface area contributed by atoms with Crippen molar-refractivity contribution in [3.8, 4) is 0 Å². The molecule has 21 heavy (non-hydrogen) atoms. The molecule has 1 saturated carbocycles. The zero-order valence-electron chi connectivity index (χ0n) is 13.0. The third kappa shape index (κ3) is 3.37. The molecule has 1 N–H and O–H groups in total. The number of amides is 2. The molecule has 0 aromatic carbocycles. The molecule has 2 fully saturated rings. The fraction of sp³-hybridized carbons (Fsp3) is 0.733. The molecule has 2 atom stereocenters. The highest BCUT2D eigenvalue weighted by atomic mass is 16.2. The van der Waals surface area contributed by atoms with Gasteiger partial charge in [0.25, 0.3) is 0 Å². The lowest BCUT2D eigenvalue weighted by molar-refractivity contribution is 0.218. The molecule has 1 aromatic heterocycles. The molecular weight excluding hydrogens is 266 g/mol. The van der Waals surface area contributed by atoms with Gasteiger partial charge >= 0.3 is 6.03 Å². The first-order valence-corrected chi connectivity index (χ1v) is 7.86. The van der Waals surface area contributed by atoms with Crippen LogP contribution in [0.1, 0.15) is 19.3 Å². The average Bonchev–Trinajstić information content (AvgIpc) is 3.10. The van der Waals surface area contributed by atoms with E-state index < -0.39 is 0 Å². The molecular formula is C15H25N5O. The third-order valence-electron chi connectivity index (χ3n) is 4.67. The summed E-state index contributed by atoms with van der Waals surface area (Å²) in [5.74, 6) is 2.11. The van der Waals surface area contributed by atoms with E-state index in [1.165, 1.54) is 19.3 Å². The van der Waals surface area contributed by atoms with Crippen molar-refractivity contribution in [3.05, 3.63) is 12.3 Å². The number of hydrogen-bond acceptors (Lipinski definition) is 3. The van der Waals surface area contributed by atoms with E-state index in [-0.39, 0.29) is 6.03 Å². The Morgan fingerprint density at radius 3 is 2.76 bits per heavy atom. The molecule has 1 aromatic rings. The molecule has 0 unspecified atom stereocenters. The minimum absolute atomic E-state index is 0.00209. The number of anilines is 1. The van der Waals surface area contributed by atoms with Crippen LogP contribution in [0, 0.1) is 11.8 Å². The summed E-state index contributed by atoms with van der Waals surface area (Å²) >= 11 is 0. The Labute approximate surface area is 126 Å². The number of urea groups is 1. The maximum Gasteiger partial charge on any atom is 0.323 e. The summed E-state index contributed by atoms with van der Waals surface area (Å²) in [6, 6.07) is 1.87. The fourth-order valence-corrected chi connectivity index (χ4v) is 3.44. The fourth-order valence-electron chi connectivity index (χ4n) is 3.44. The zero-order valence-corrected chi connectivity index (χ0v) is 13.0. The van der Waals surface area contributed by atoms with Crippen molar-refractivity contribution in [2.24, 2.45) is 11.8 Å². The van der Waals surface area contributed by atoms with Crippen LogP contribution in [0.5, 0.6) is 0 Å². The highest BCUT2D eigenvalue weighted by Gasteiger charge is 2.38. The van der Waals surface area contributed by atoms with Crippen LogP contribution in [0.15, 0.2) is 12.3 Å². The van der Waals surface area contributed by atoms with Crippen LogP contribution in [0.2, 0.25) is 0 Å². The van der Waals surface area contributed by atoms with Crippen molar-refractivity contribution in [1.29, 1.82) is 0 Å². The van der Waals surface area contributed by atoms with Gasteiger partial charge in [-0.3, -0.25) is 10.00 Å². The third-order valence-corrected chi connectivity index (χ3v) is 4.67. The molecule has 0 spiro atoms. The monoisotopic (exact) mass is 291 g/mol. The number of nitrogens with zero attached hydrogens (tertiary/aromatic N) is 4. The smallest absolute Gasteiger partial charge is 0.323 e. The number of carbonyl (C=O) groups is 1. The summed E-state index contributed by atoms with van der Waals surface area (Å²) < 4.78 is 1.87. The highest BCUT2D eigenvalue weighted by Crippen LogP contribution is 2.37. The normalized spacial score (nSPS) is 24.6. The Morgan fingerprint density at radius 2 is 2.10 bits per heavy atom. The number of likely N-dealkylation sites (tertiary alicyclic amines) is 1. The van der Waals surface area contributed by atoms with Gasteiger partial charge in [-0.1, -0.05) is 6.42 Å². The number of nitrogens with one attached hydrogen (secondary N) is 1. The maximum absolute atomic E-state index is 12.3. The second-order valence-corrected chi connectivity index (χ2v) is 6.55. The van der Waals surface area contributed by atoms with Crippen molar-refractivity contribution in [2.75, 3.05) is 39.0 Å². The van der Waals surface area contributed by atoms with Crippen LogP contribution >= 0.6 is 0 Å². The van der Waals surface area contributed by atoms with E-state index in [0.717, 1.165) is 38.0 Å². The lowest BCUT2D eigenvalue weighted by Crippen LogP contribution is -2.33. The zero-order chi connectivity index (χ0) is 14.8. The molecule has 1 aliphatic heterocycles. The minimum Gasteiger partial charge on any atom is -0.324 e. The molecule has 2 heterocycles. The van der Waals surface area contributed by atoms with Gasteiger partial charge in [-0.25, -0.2) is 4.79 Å². The molecule has 116 valence electrons. The van der Waals surface area contributed by atoms with E-state index in [0.29, 0.717) is 5.82 Å². The molecule has 3 rings (SSSR count). The maximum atomic E-state index is 12.3. The van der Waals surface area contributed by atoms with E-state index in [4.69, 9.17) is 0 Å². The van der Waals surface area contributed by atoms with Gasteiger partial charge in [0.2, 0.25) is 0 Å². The van der Waals surface area contributed by atoms with Gasteiger partial charge in [0.05, 0.1) is 6.54 Å².